The predicted octanol–water partition coefficient (Wildman–Crippen LogP) is 4.30. The molecule has 0 saturated heterocycles. The summed E-state index contributed by atoms with van der Waals surface area (Å²) < 4.78 is 0.995. The van der Waals surface area contributed by atoms with Crippen molar-refractivity contribution >= 4 is 34.2 Å². The largest absolute Gasteiger partial charge is 0.236 e. The molecule has 0 spiro atoms. The molecule has 0 radical (unpaired) electrons. The number of rotatable bonds is 1. The van der Waals surface area contributed by atoms with Crippen LogP contribution in [0.4, 0.5) is 0 Å². The summed E-state index contributed by atoms with van der Waals surface area (Å²) in [6.07, 6.45) is 3.71. The van der Waals surface area contributed by atoms with Gasteiger partial charge in [0.05, 0.1) is 9.26 Å². The Balaban J connectivity index is 2.46. The minimum absolute atomic E-state index is 0.0294. The van der Waals surface area contributed by atoms with E-state index < -0.39 is 0 Å². The van der Waals surface area contributed by atoms with Gasteiger partial charge >= 0.3 is 0 Å². The van der Waals surface area contributed by atoms with Crippen LogP contribution < -0.4 is 0 Å². The first-order valence-electron chi connectivity index (χ1n) is 5.63. The summed E-state index contributed by atoms with van der Waals surface area (Å²) in [4.78, 5) is 9.14. The van der Waals surface area contributed by atoms with Gasteiger partial charge in [0.2, 0.25) is 0 Å². The number of hydrogen-bond acceptors (Lipinski definition) is 2. The van der Waals surface area contributed by atoms with Crippen LogP contribution in [0.5, 0.6) is 0 Å². The van der Waals surface area contributed by atoms with Gasteiger partial charge in [-0.05, 0) is 35.4 Å². The van der Waals surface area contributed by atoms with Crippen LogP contribution in [-0.2, 0) is 5.41 Å². The Kier molecular flexibility index (Phi) is 3.46. The van der Waals surface area contributed by atoms with Crippen molar-refractivity contribution in [2.75, 3.05) is 0 Å². The second kappa shape index (κ2) is 4.41. The van der Waals surface area contributed by atoms with Gasteiger partial charge in [0, 0.05) is 11.3 Å². The summed E-state index contributed by atoms with van der Waals surface area (Å²) in [7, 11) is 0. The highest BCUT2D eigenvalue weighted by Gasteiger charge is 2.27. The van der Waals surface area contributed by atoms with Crippen molar-refractivity contribution in [2.45, 2.75) is 51.4 Å². The molecule has 1 aromatic heterocycles. The molecule has 0 unspecified atom stereocenters. The van der Waals surface area contributed by atoms with Crippen molar-refractivity contribution in [2.24, 2.45) is 0 Å². The average molecular weight is 351 g/mol. The summed E-state index contributed by atoms with van der Waals surface area (Å²) in [5.41, 5.74) is 1.11. The Morgan fingerprint density at radius 1 is 1.25 bits per heavy atom. The molecule has 2 rings (SSSR count). The molecule has 1 fully saturated rings. The summed E-state index contributed by atoms with van der Waals surface area (Å²) in [6, 6.07) is 0. The highest BCUT2D eigenvalue weighted by Crippen LogP contribution is 2.37. The molecule has 0 aromatic carbocycles. The van der Waals surface area contributed by atoms with E-state index >= 15 is 0 Å². The molecular weight excluding hydrogens is 335 g/mol. The summed E-state index contributed by atoms with van der Waals surface area (Å²) in [6.45, 7) is 6.50. The van der Waals surface area contributed by atoms with Crippen LogP contribution in [0.15, 0.2) is 0 Å². The maximum Gasteiger partial charge on any atom is 0.146 e. The third kappa shape index (κ3) is 2.35. The van der Waals surface area contributed by atoms with Crippen LogP contribution in [0.1, 0.15) is 57.5 Å². The van der Waals surface area contributed by atoms with Gasteiger partial charge in [-0.15, -0.1) is 0 Å². The lowest BCUT2D eigenvalue weighted by atomic mass is 9.84. The molecule has 0 atom stereocenters. The van der Waals surface area contributed by atoms with Crippen molar-refractivity contribution in [1.82, 2.24) is 9.97 Å². The lowest BCUT2D eigenvalue weighted by Crippen LogP contribution is -2.21. The Bertz CT molecular complexity index is 408. The molecule has 1 aliphatic carbocycles. The normalized spacial score (nSPS) is 17.3. The van der Waals surface area contributed by atoms with Gasteiger partial charge in [0.15, 0.2) is 0 Å². The van der Waals surface area contributed by atoms with Crippen LogP contribution in [-0.4, -0.2) is 9.97 Å². The van der Waals surface area contributed by atoms with E-state index in [1.54, 1.807) is 0 Å². The van der Waals surface area contributed by atoms with E-state index in [1.807, 2.05) is 0 Å². The molecule has 0 bridgehead atoms. The zero-order valence-electron chi connectivity index (χ0n) is 9.85. The van der Waals surface area contributed by atoms with Gasteiger partial charge in [0.1, 0.15) is 11.0 Å². The monoisotopic (exact) mass is 350 g/mol. The predicted molar refractivity (Wildman–Crippen MR) is 75.1 cm³/mol. The SMILES string of the molecule is CC(C)(C)c1nc(C2CCC2)nc(Cl)c1I. The maximum atomic E-state index is 6.19. The number of nitrogens with zero attached hydrogens (tertiary/aromatic N) is 2. The molecule has 0 aliphatic heterocycles. The molecular formula is C12H16ClIN2. The number of hydrogen-bond donors (Lipinski definition) is 0. The Hall–Kier alpha value is 0.100. The second-order valence-corrected chi connectivity index (χ2v) is 6.85. The molecule has 0 N–H and O–H groups in total. The van der Waals surface area contributed by atoms with E-state index in [9.17, 15) is 0 Å². The highest BCUT2D eigenvalue weighted by atomic mass is 127. The van der Waals surface area contributed by atoms with Crippen molar-refractivity contribution in [3.05, 3.63) is 20.2 Å². The van der Waals surface area contributed by atoms with Crippen molar-refractivity contribution in [3.8, 4) is 0 Å². The molecule has 2 nitrogen and oxygen atoms in total. The van der Waals surface area contributed by atoms with Crippen LogP contribution >= 0.6 is 34.2 Å². The van der Waals surface area contributed by atoms with Crippen molar-refractivity contribution in [1.29, 1.82) is 0 Å². The third-order valence-corrected chi connectivity index (χ3v) is 4.62. The van der Waals surface area contributed by atoms with Gasteiger partial charge < -0.3 is 0 Å². The van der Waals surface area contributed by atoms with Gasteiger partial charge in [-0.3, -0.25) is 0 Å². The lowest BCUT2D eigenvalue weighted by Gasteiger charge is -2.27. The van der Waals surface area contributed by atoms with Crippen LogP contribution in [0.25, 0.3) is 0 Å². The molecule has 1 saturated carbocycles. The number of aromatic nitrogens is 2. The molecule has 0 amide bonds. The van der Waals surface area contributed by atoms with E-state index in [0.717, 1.165) is 15.1 Å². The van der Waals surface area contributed by atoms with E-state index in [2.05, 4.69) is 48.3 Å². The van der Waals surface area contributed by atoms with Crippen LogP contribution in [0.3, 0.4) is 0 Å². The van der Waals surface area contributed by atoms with E-state index in [0.29, 0.717) is 11.1 Å². The Morgan fingerprint density at radius 3 is 2.31 bits per heavy atom. The standard InChI is InChI=1S/C12H16ClIN2/c1-12(2,3)9-8(14)10(13)16-11(15-9)7-5-4-6-7/h7H,4-6H2,1-3H3. The van der Waals surface area contributed by atoms with Crippen LogP contribution in [0.2, 0.25) is 5.15 Å². The van der Waals surface area contributed by atoms with E-state index in [1.165, 1.54) is 19.3 Å². The lowest BCUT2D eigenvalue weighted by molar-refractivity contribution is 0.397. The first-order valence-corrected chi connectivity index (χ1v) is 7.08. The second-order valence-electron chi connectivity index (χ2n) is 5.41. The third-order valence-electron chi connectivity index (χ3n) is 3.01. The first kappa shape index (κ1) is 12.6. The minimum atomic E-state index is 0.0294. The minimum Gasteiger partial charge on any atom is -0.236 e. The average Bonchev–Trinajstić information content (AvgIpc) is 2.05. The van der Waals surface area contributed by atoms with Gasteiger partial charge in [-0.25, -0.2) is 9.97 Å². The quantitative estimate of drug-likeness (QED) is 0.557. The van der Waals surface area contributed by atoms with Crippen molar-refractivity contribution in [3.63, 3.8) is 0 Å². The first-order chi connectivity index (χ1) is 7.39. The van der Waals surface area contributed by atoms with Gasteiger partial charge in [-0.1, -0.05) is 38.8 Å². The molecule has 88 valence electrons. The topological polar surface area (TPSA) is 25.8 Å². The fourth-order valence-electron chi connectivity index (χ4n) is 1.78. The maximum absolute atomic E-state index is 6.19. The van der Waals surface area contributed by atoms with Crippen molar-refractivity contribution < 1.29 is 0 Å². The summed E-state index contributed by atoms with van der Waals surface area (Å²) in [5.74, 6) is 1.48. The molecule has 16 heavy (non-hydrogen) atoms. The fraction of sp³-hybridized carbons (Fsp3) is 0.667. The van der Waals surface area contributed by atoms with E-state index in [-0.39, 0.29) is 5.41 Å². The van der Waals surface area contributed by atoms with Gasteiger partial charge in [-0.2, -0.15) is 0 Å². The summed E-state index contributed by atoms with van der Waals surface area (Å²) >= 11 is 8.43. The van der Waals surface area contributed by atoms with Gasteiger partial charge in [0.25, 0.3) is 0 Å². The molecule has 1 heterocycles. The highest BCUT2D eigenvalue weighted by molar-refractivity contribution is 14.1. The Labute approximate surface area is 115 Å². The zero-order valence-corrected chi connectivity index (χ0v) is 12.8. The molecule has 1 aromatic rings. The Morgan fingerprint density at radius 2 is 1.88 bits per heavy atom. The molecule has 4 heteroatoms. The number of halogens is 2. The zero-order chi connectivity index (χ0) is 11.9. The molecule has 1 aliphatic rings. The smallest absolute Gasteiger partial charge is 0.146 e. The van der Waals surface area contributed by atoms with E-state index in [4.69, 9.17) is 16.6 Å². The summed E-state index contributed by atoms with van der Waals surface area (Å²) in [5, 5.41) is 0.613. The fourth-order valence-corrected chi connectivity index (χ4v) is 3.01. The van der Waals surface area contributed by atoms with Crippen LogP contribution in [0, 0.1) is 3.57 Å².